The fourth-order valence-electron chi connectivity index (χ4n) is 10.6. The van der Waals surface area contributed by atoms with E-state index in [0.717, 1.165) is 131 Å². The van der Waals surface area contributed by atoms with Crippen LogP contribution < -0.4 is 4.90 Å². The van der Waals surface area contributed by atoms with E-state index in [2.05, 4.69) is 215 Å². The van der Waals surface area contributed by atoms with E-state index >= 15 is 0 Å². The number of nitrogens with zero attached hydrogens (tertiary/aromatic N) is 8. The molecule has 3 aromatic rings. The molecular weight excluding hydrogens is 1000 g/mol. The summed E-state index contributed by atoms with van der Waals surface area (Å²) in [4.78, 5) is 35.3. The summed E-state index contributed by atoms with van der Waals surface area (Å²) >= 11 is 0. The molecule has 2 aliphatic heterocycles. The average molecular weight is 1100 g/mol. The van der Waals surface area contributed by atoms with Gasteiger partial charge in [-0.2, -0.15) is 5.26 Å². The highest BCUT2D eigenvalue weighted by Crippen LogP contribution is 2.39. The van der Waals surface area contributed by atoms with E-state index in [1.54, 1.807) is 12.5 Å². The number of carbonyl (C=O) groups excluding carboxylic acids is 1. The van der Waals surface area contributed by atoms with Gasteiger partial charge in [0, 0.05) is 98.3 Å². The molecule has 434 valence electrons. The van der Waals surface area contributed by atoms with Crippen LogP contribution in [0.25, 0.3) is 11.1 Å². The number of hydrogen-bond donors (Lipinski definition) is 0. The van der Waals surface area contributed by atoms with Crippen molar-refractivity contribution in [3.63, 3.8) is 0 Å². The Morgan fingerprint density at radius 1 is 0.793 bits per heavy atom. The highest BCUT2D eigenvalue weighted by atomic mass is 16.2. The zero-order valence-corrected chi connectivity index (χ0v) is 51.9. The number of aryl methyl sites for hydroxylation is 1. The van der Waals surface area contributed by atoms with Gasteiger partial charge in [-0.1, -0.05) is 168 Å². The smallest absolute Gasteiger partial charge is 0.225 e. The fourth-order valence-corrected chi connectivity index (χ4v) is 10.6. The van der Waals surface area contributed by atoms with Crippen molar-refractivity contribution in [3.8, 4) is 17.9 Å². The molecule has 1 atom stereocenters. The molecule has 1 amide bonds. The first kappa shape index (κ1) is 65.3. The molecule has 2 saturated carbocycles. The maximum absolute atomic E-state index is 12.3. The van der Waals surface area contributed by atoms with E-state index in [1.807, 2.05) is 42.2 Å². The Kier molecular flexibility index (Phi) is 27.1. The molecule has 4 fully saturated rings. The number of rotatable bonds is 20. The van der Waals surface area contributed by atoms with Crippen molar-refractivity contribution in [2.24, 2.45) is 22.2 Å². The second-order valence-electron chi connectivity index (χ2n) is 22.0. The largest absolute Gasteiger partial charge is 0.372 e. The molecule has 0 spiro atoms. The number of aromatic nitrogens is 2. The van der Waals surface area contributed by atoms with Gasteiger partial charge in [0.05, 0.1) is 22.8 Å². The van der Waals surface area contributed by atoms with Gasteiger partial charge in [0.25, 0.3) is 0 Å². The molecule has 0 bridgehead atoms. The topological polar surface area (TPSA) is 92.0 Å². The summed E-state index contributed by atoms with van der Waals surface area (Å²) in [5.74, 6) is 8.73. The van der Waals surface area contributed by atoms with Gasteiger partial charge in [-0.15, -0.1) is 0 Å². The van der Waals surface area contributed by atoms with Crippen molar-refractivity contribution < 1.29 is 4.79 Å². The van der Waals surface area contributed by atoms with Crippen LogP contribution in [0.2, 0.25) is 0 Å². The highest BCUT2D eigenvalue weighted by molar-refractivity contribution is 6.12. The molecule has 82 heavy (non-hydrogen) atoms. The number of anilines is 1. The molecule has 9 nitrogen and oxygen atoms in total. The summed E-state index contributed by atoms with van der Waals surface area (Å²) in [7, 11) is 0. The van der Waals surface area contributed by atoms with Gasteiger partial charge in [-0.05, 0) is 146 Å². The first-order valence-corrected chi connectivity index (χ1v) is 30.4. The summed E-state index contributed by atoms with van der Waals surface area (Å²) in [5.41, 5.74) is 15.2. The molecule has 0 radical (unpaired) electrons. The molecular formula is C73H96N8O. The van der Waals surface area contributed by atoms with E-state index in [-0.39, 0.29) is 5.41 Å². The summed E-state index contributed by atoms with van der Waals surface area (Å²) in [6.07, 6.45) is 33.3. The zero-order chi connectivity index (χ0) is 59.4. The Hall–Kier alpha value is -7.49. The fraction of sp³-hybridized carbons (Fsp3) is 0.438. The molecule has 3 aliphatic carbocycles. The molecule has 2 saturated heterocycles. The lowest BCUT2D eigenvalue weighted by atomic mass is 9.73. The molecule has 9 heteroatoms. The second-order valence-corrected chi connectivity index (χ2v) is 22.0. The van der Waals surface area contributed by atoms with Crippen molar-refractivity contribution in [2.45, 2.75) is 140 Å². The zero-order valence-electron chi connectivity index (χ0n) is 51.9. The Labute approximate surface area is 495 Å². The molecule has 8 rings (SSSR count). The van der Waals surface area contributed by atoms with Crippen LogP contribution in [0.5, 0.6) is 0 Å². The second kappa shape index (κ2) is 34.1. The lowest BCUT2D eigenvalue weighted by molar-refractivity contribution is -0.132. The lowest BCUT2D eigenvalue weighted by Crippen LogP contribution is -2.49. The Morgan fingerprint density at radius 3 is 1.91 bits per heavy atom. The van der Waals surface area contributed by atoms with Crippen LogP contribution in [0, 0.1) is 47.3 Å². The van der Waals surface area contributed by atoms with Gasteiger partial charge in [0.1, 0.15) is 12.1 Å². The van der Waals surface area contributed by atoms with Crippen LogP contribution in [-0.4, -0.2) is 88.6 Å². The SMILES string of the molecule is C/C=C(/c1ccccc1)c1c(C)ncnc1N1CCN(C(=O)C2CC2)CC1.C=CN=C(C)C(/C(=C\C)c1ccccc1)=C(\C)N1CCN(C(=C)C2CC2)CC1.CC/C=C/C=C(C#N)\C=C(/C)CCC.CC/C=C/C=C1/C#CC1(C)CCC. The van der Waals surface area contributed by atoms with E-state index in [1.165, 1.54) is 70.5 Å². The maximum Gasteiger partial charge on any atom is 0.225 e. The van der Waals surface area contributed by atoms with Crippen LogP contribution in [0.15, 0.2) is 180 Å². The Bertz CT molecular complexity index is 2980. The predicted octanol–water partition coefficient (Wildman–Crippen LogP) is 16.7. The number of piperazine rings is 2. The number of carbonyl (C=O) groups is 1. The van der Waals surface area contributed by atoms with Gasteiger partial charge in [-0.3, -0.25) is 9.79 Å². The van der Waals surface area contributed by atoms with Crippen molar-refractivity contribution in [1.82, 2.24) is 24.7 Å². The van der Waals surface area contributed by atoms with Crippen LogP contribution in [-0.2, 0) is 4.79 Å². The summed E-state index contributed by atoms with van der Waals surface area (Å²) in [5, 5.41) is 8.85. The molecule has 5 aliphatic rings. The van der Waals surface area contributed by atoms with Gasteiger partial charge in [-0.25, -0.2) is 9.97 Å². The lowest BCUT2D eigenvalue weighted by Gasteiger charge is -2.39. The van der Waals surface area contributed by atoms with E-state index in [9.17, 15) is 4.79 Å². The van der Waals surface area contributed by atoms with Crippen molar-refractivity contribution in [3.05, 3.63) is 197 Å². The number of aliphatic imine (C=N–C) groups is 1. The van der Waals surface area contributed by atoms with Gasteiger partial charge in [0.15, 0.2) is 0 Å². The van der Waals surface area contributed by atoms with Crippen molar-refractivity contribution >= 4 is 28.6 Å². The van der Waals surface area contributed by atoms with Crippen LogP contribution in [0.3, 0.4) is 0 Å². The van der Waals surface area contributed by atoms with Gasteiger partial charge < -0.3 is 19.6 Å². The van der Waals surface area contributed by atoms with Gasteiger partial charge >= 0.3 is 0 Å². The molecule has 2 aromatic carbocycles. The van der Waals surface area contributed by atoms with Crippen molar-refractivity contribution in [2.75, 3.05) is 57.3 Å². The number of amides is 1. The van der Waals surface area contributed by atoms with Crippen LogP contribution in [0.4, 0.5) is 5.82 Å². The Balaban J connectivity index is 0.000000212. The predicted molar refractivity (Wildman–Crippen MR) is 349 cm³/mol. The third kappa shape index (κ3) is 19.3. The molecule has 0 N–H and O–H groups in total. The first-order valence-electron chi connectivity index (χ1n) is 30.4. The normalized spacial score (nSPS) is 19.3. The summed E-state index contributed by atoms with van der Waals surface area (Å²) < 4.78 is 0. The third-order valence-corrected chi connectivity index (χ3v) is 15.6. The third-order valence-electron chi connectivity index (χ3n) is 15.6. The monoisotopic (exact) mass is 1100 g/mol. The first-order chi connectivity index (χ1) is 39.7. The van der Waals surface area contributed by atoms with E-state index < -0.39 is 0 Å². The van der Waals surface area contributed by atoms with Crippen LogP contribution >= 0.6 is 0 Å². The summed E-state index contributed by atoms with van der Waals surface area (Å²) in [6, 6.07) is 23.1. The number of nitriles is 1. The maximum atomic E-state index is 12.3. The summed E-state index contributed by atoms with van der Waals surface area (Å²) in [6.45, 7) is 38.9. The average Bonchev–Trinajstić information content (AvgIpc) is 4.56. The van der Waals surface area contributed by atoms with Crippen LogP contribution in [0.1, 0.15) is 156 Å². The Morgan fingerprint density at radius 2 is 1.39 bits per heavy atom. The highest BCUT2D eigenvalue weighted by Gasteiger charge is 2.36. The minimum Gasteiger partial charge on any atom is -0.372 e. The molecule has 3 heterocycles. The quantitative estimate of drug-likeness (QED) is 0.0482. The van der Waals surface area contributed by atoms with Gasteiger partial charge in [0.2, 0.25) is 5.91 Å². The molecule has 1 unspecified atom stereocenters. The number of allylic oxidation sites excluding steroid dienone is 16. The standard InChI is InChI=1S/C25H33N3.C22H26N4O.C13H19N.C13H18/c1-6-24(23-11-9-8-10-12-23)25(19(3)26-7-2)21(5)28-17-15-27(16-18-28)20(4)22-13-14-22;1-3-19(17-7-5-4-6-8-17)20-16(2)23-15-24-21(20)25-11-13-26(14-12-25)22(27)18-9-10-18;1-4-6-7-9-13(11-14)10-12(3)8-5-2;1-4-6-7-8-12-9-11-13(12,3)10-5-2/h6-12,22H,2,4,13-18H2,1,3,5H3;3-8,15,18H,9-14H2,1-2H3;6-7,9-10H,4-5,8H2,1-3H3;6-8H,4-5,10H2,1-3H3/b24-6-,25-21-,26-19?;19-3-;7-6+,12-10+,13-9+;7-6+,12-8-. The van der Waals surface area contributed by atoms with E-state index in [4.69, 9.17) is 5.26 Å². The minimum atomic E-state index is 0.187. The van der Waals surface area contributed by atoms with Crippen molar-refractivity contribution in [1.29, 1.82) is 5.26 Å². The molecule has 1 aromatic heterocycles. The number of benzene rings is 2. The number of hydrogen-bond acceptors (Lipinski definition) is 8. The van der Waals surface area contributed by atoms with E-state index in [0.29, 0.717) is 11.8 Å². The minimum absolute atomic E-state index is 0.187.